The van der Waals surface area contributed by atoms with Gasteiger partial charge < -0.3 is 10.4 Å². The third-order valence-corrected chi connectivity index (χ3v) is 6.23. The summed E-state index contributed by atoms with van der Waals surface area (Å²) >= 11 is 0. The van der Waals surface area contributed by atoms with Crippen molar-refractivity contribution >= 4 is 11.7 Å². The van der Waals surface area contributed by atoms with E-state index in [2.05, 4.69) is 22.4 Å². The molecule has 1 saturated carbocycles. The molecule has 2 aromatic rings. The van der Waals surface area contributed by atoms with Gasteiger partial charge in [-0.15, -0.1) is 0 Å². The second-order valence-electron chi connectivity index (χ2n) is 7.56. The molecule has 0 aliphatic heterocycles. The Morgan fingerprint density at radius 3 is 2.81 bits per heavy atom. The van der Waals surface area contributed by atoms with Crippen molar-refractivity contribution in [2.24, 2.45) is 11.8 Å². The van der Waals surface area contributed by atoms with Crippen LogP contribution in [0.3, 0.4) is 0 Å². The topological polar surface area (TPSA) is 75.1 Å². The molecular weight excluding hydrogens is 338 g/mol. The van der Waals surface area contributed by atoms with Crippen LogP contribution >= 0.6 is 0 Å². The molecule has 0 radical (unpaired) electrons. The number of fused-ring (bicyclic) bond motifs is 3. The lowest BCUT2D eigenvalue weighted by atomic mass is 9.52. The van der Waals surface area contributed by atoms with Crippen LogP contribution in [0.1, 0.15) is 43.5 Å². The molecule has 5 heteroatoms. The van der Waals surface area contributed by atoms with E-state index in [0.717, 1.165) is 42.5 Å². The van der Waals surface area contributed by atoms with Gasteiger partial charge in [0, 0.05) is 29.6 Å². The molecule has 1 heterocycles. The molecule has 0 unspecified atom stereocenters. The Morgan fingerprint density at radius 2 is 2.11 bits per heavy atom. The van der Waals surface area contributed by atoms with Gasteiger partial charge in [0.25, 0.3) is 0 Å². The predicted molar refractivity (Wildman–Crippen MR) is 105 cm³/mol. The minimum Gasteiger partial charge on any atom is -0.515 e. The Labute approximate surface area is 159 Å². The van der Waals surface area contributed by atoms with Crippen molar-refractivity contribution in [1.82, 2.24) is 9.97 Å². The Morgan fingerprint density at radius 1 is 1.33 bits per heavy atom. The first-order chi connectivity index (χ1) is 13.1. The molecule has 2 aliphatic carbocycles. The van der Waals surface area contributed by atoms with Crippen molar-refractivity contribution in [2.75, 3.05) is 11.9 Å². The zero-order valence-electron chi connectivity index (χ0n) is 15.8. The van der Waals surface area contributed by atoms with Crippen LogP contribution < -0.4 is 5.32 Å². The van der Waals surface area contributed by atoms with Gasteiger partial charge in [-0.1, -0.05) is 37.3 Å². The molecule has 1 aromatic heterocycles. The Balaban J connectivity index is 1.99. The minimum absolute atomic E-state index is 0.0541. The summed E-state index contributed by atoms with van der Waals surface area (Å²) in [5.74, 6) is 0.654. The Bertz CT molecular complexity index is 894. The SMILES string of the molecule is CCNc1ncc2c(n1)[C@@]1(c3ccccc3)C/C(=C/O)C(=O)[C@@H](C)[C@@H]1CC2. The van der Waals surface area contributed by atoms with Crippen molar-refractivity contribution in [2.45, 2.75) is 38.5 Å². The smallest absolute Gasteiger partial charge is 0.222 e. The molecule has 1 aromatic carbocycles. The van der Waals surface area contributed by atoms with Gasteiger partial charge in [-0.2, -0.15) is 0 Å². The summed E-state index contributed by atoms with van der Waals surface area (Å²) in [6, 6.07) is 10.3. The summed E-state index contributed by atoms with van der Waals surface area (Å²) in [5.41, 5.74) is 3.34. The first-order valence-corrected chi connectivity index (χ1v) is 9.65. The van der Waals surface area contributed by atoms with Crippen LogP contribution in [0.5, 0.6) is 0 Å². The highest BCUT2D eigenvalue weighted by Gasteiger charge is 2.54. The molecule has 140 valence electrons. The number of benzene rings is 1. The van der Waals surface area contributed by atoms with E-state index in [4.69, 9.17) is 4.98 Å². The molecular formula is C22H25N3O2. The van der Waals surface area contributed by atoms with Gasteiger partial charge in [0.05, 0.1) is 12.0 Å². The van der Waals surface area contributed by atoms with E-state index in [1.54, 1.807) is 0 Å². The van der Waals surface area contributed by atoms with Crippen molar-refractivity contribution in [1.29, 1.82) is 0 Å². The highest BCUT2D eigenvalue weighted by atomic mass is 16.2. The highest BCUT2D eigenvalue weighted by molar-refractivity contribution is 5.98. The Kier molecular flexibility index (Phi) is 4.46. The molecule has 1 fully saturated rings. The third-order valence-electron chi connectivity index (χ3n) is 6.23. The average molecular weight is 363 g/mol. The second-order valence-corrected chi connectivity index (χ2v) is 7.56. The first-order valence-electron chi connectivity index (χ1n) is 9.65. The van der Waals surface area contributed by atoms with Gasteiger partial charge in [-0.3, -0.25) is 4.79 Å². The van der Waals surface area contributed by atoms with E-state index in [-0.39, 0.29) is 17.6 Å². The van der Waals surface area contributed by atoms with E-state index in [0.29, 0.717) is 17.9 Å². The molecule has 0 spiro atoms. The number of aromatic nitrogens is 2. The number of aliphatic hydroxyl groups is 1. The number of nitrogens with one attached hydrogen (secondary N) is 1. The molecule has 2 N–H and O–H groups in total. The van der Waals surface area contributed by atoms with E-state index in [1.165, 1.54) is 0 Å². The van der Waals surface area contributed by atoms with Crippen LogP contribution in [-0.2, 0) is 16.6 Å². The lowest BCUT2D eigenvalue weighted by Crippen LogP contribution is -2.51. The molecule has 27 heavy (non-hydrogen) atoms. The number of carbonyl (C=O) groups excluding carboxylic acids is 1. The van der Waals surface area contributed by atoms with E-state index >= 15 is 0 Å². The molecule has 3 atom stereocenters. The number of carbonyl (C=O) groups is 1. The van der Waals surface area contributed by atoms with E-state index in [9.17, 15) is 9.90 Å². The van der Waals surface area contributed by atoms with Gasteiger partial charge in [-0.25, -0.2) is 9.97 Å². The lowest BCUT2D eigenvalue weighted by Gasteiger charge is -2.50. The maximum absolute atomic E-state index is 12.8. The van der Waals surface area contributed by atoms with Crippen LogP contribution in [-0.4, -0.2) is 27.4 Å². The number of aliphatic hydroxyl groups excluding tert-OH is 1. The number of hydrogen-bond donors (Lipinski definition) is 2. The van der Waals surface area contributed by atoms with Gasteiger partial charge >= 0.3 is 0 Å². The monoisotopic (exact) mass is 363 g/mol. The average Bonchev–Trinajstić information content (AvgIpc) is 2.71. The van der Waals surface area contributed by atoms with Crippen molar-refractivity contribution in [3.63, 3.8) is 0 Å². The highest BCUT2D eigenvalue weighted by Crippen LogP contribution is 2.55. The number of aryl methyl sites for hydroxylation is 1. The summed E-state index contributed by atoms with van der Waals surface area (Å²) < 4.78 is 0. The van der Waals surface area contributed by atoms with Crippen molar-refractivity contribution in [3.8, 4) is 0 Å². The predicted octanol–water partition coefficient (Wildman–Crippen LogP) is 3.81. The quantitative estimate of drug-likeness (QED) is 0.641. The fourth-order valence-corrected chi connectivity index (χ4v) is 5.00. The maximum atomic E-state index is 12.8. The Hall–Kier alpha value is -2.69. The van der Waals surface area contributed by atoms with Gasteiger partial charge in [0.2, 0.25) is 5.95 Å². The van der Waals surface area contributed by atoms with Gasteiger partial charge in [0.15, 0.2) is 5.78 Å². The number of nitrogens with zero attached hydrogens (tertiary/aromatic N) is 2. The summed E-state index contributed by atoms with van der Waals surface area (Å²) in [6.45, 7) is 4.76. The molecule has 0 bridgehead atoms. The third kappa shape index (κ3) is 2.64. The standard InChI is InChI=1S/C22H25N3O2/c1-3-23-21-24-12-15-9-10-18-14(2)19(27)16(13-26)11-22(18,20(15)25-21)17-7-5-4-6-8-17/h4-8,12-14,18,26H,3,9-11H2,1-2H3,(H,23,24,25)/b16-13-/t14-,18-,22+/m0/s1. The molecule has 5 nitrogen and oxygen atoms in total. The minimum atomic E-state index is -0.427. The normalized spacial score (nSPS) is 28.5. The van der Waals surface area contributed by atoms with E-state index < -0.39 is 5.41 Å². The van der Waals surface area contributed by atoms with Crippen LogP contribution in [0.2, 0.25) is 0 Å². The maximum Gasteiger partial charge on any atom is 0.222 e. The number of ketones is 1. The van der Waals surface area contributed by atoms with Gasteiger partial charge in [-0.05, 0) is 43.2 Å². The molecule has 0 amide bonds. The summed E-state index contributed by atoms with van der Waals surface area (Å²) in [7, 11) is 0. The van der Waals surface area contributed by atoms with Crippen LogP contribution in [0.4, 0.5) is 5.95 Å². The van der Waals surface area contributed by atoms with Crippen molar-refractivity contribution < 1.29 is 9.90 Å². The van der Waals surface area contributed by atoms with Crippen molar-refractivity contribution in [3.05, 3.63) is 65.2 Å². The molecule has 4 rings (SSSR count). The summed E-state index contributed by atoms with van der Waals surface area (Å²) in [6.07, 6.45) is 5.18. The first kappa shape index (κ1) is 17.7. The number of allylic oxidation sites excluding steroid dienone is 1. The number of Topliss-reactive ketones (excluding diaryl/α,β-unsaturated/α-hetero) is 1. The van der Waals surface area contributed by atoms with Gasteiger partial charge in [0.1, 0.15) is 0 Å². The number of hydrogen-bond acceptors (Lipinski definition) is 5. The summed E-state index contributed by atoms with van der Waals surface area (Å²) in [4.78, 5) is 22.2. The zero-order chi connectivity index (χ0) is 19.0. The second kappa shape index (κ2) is 6.80. The lowest BCUT2D eigenvalue weighted by molar-refractivity contribution is -0.123. The number of rotatable bonds is 3. The largest absolute Gasteiger partial charge is 0.515 e. The van der Waals surface area contributed by atoms with Crippen LogP contribution in [0.25, 0.3) is 0 Å². The fraction of sp³-hybridized carbons (Fsp3) is 0.409. The fourth-order valence-electron chi connectivity index (χ4n) is 5.00. The number of anilines is 1. The van der Waals surface area contributed by atoms with Crippen LogP contribution in [0, 0.1) is 11.8 Å². The van der Waals surface area contributed by atoms with Crippen LogP contribution in [0.15, 0.2) is 48.4 Å². The molecule has 0 saturated heterocycles. The zero-order valence-corrected chi connectivity index (χ0v) is 15.8. The summed E-state index contributed by atoms with van der Waals surface area (Å²) in [5, 5.41) is 13.0. The van der Waals surface area contributed by atoms with E-state index in [1.807, 2.05) is 38.2 Å². The molecule has 2 aliphatic rings.